The zero-order valence-corrected chi connectivity index (χ0v) is 16.9. The second-order valence-electron chi connectivity index (χ2n) is 7.49. The average molecular weight is 406 g/mol. The van der Waals surface area contributed by atoms with Crippen molar-refractivity contribution in [3.8, 4) is 0 Å². The van der Waals surface area contributed by atoms with Crippen molar-refractivity contribution in [2.75, 3.05) is 13.1 Å². The van der Waals surface area contributed by atoms with Crippen molar-refractivity contribution in [2.24, 2.45) is 5.92 Å². The highest BCUT2D eigenvalue weighted by molar-refractivity contribution is 6.10. The van der Waals surface area contributed by atoms with Gasteiger partial charge >= 0.3 is 12.1 Å². The van der Waals surface area contributed by atoms with Crippen LogP contribution in [0.5, 0.6) is 0 Å². The molecule has 1 aromatic rings. The molecule has 0 radical (unpaired) electrons. The summed E-state index contributed by atoms with van der Waals surface area (Å²) >= 11 is 0. The molecule has 1 aromatic carbocycles. The molecule has 0 saturated carbocycles. The number of imide groups is 2. The number of hydrogen-bond donors (Lipinski definition) is 3. The number of carbonyl (C=O) groups excluding carboxylic acids is 4. The summed E-state index contributed by atoms with van der Waals surface area (Å²) < 4.78 is 13.3. The number of nitrogens with zero attached hydrogens (tertiary/aromatic N) is 1. The number of urea groups is 2. The molecule has 9 heteroatoms. The van der Waals surface area contributed by atoms with Crippen LogP contribution in [0.3, 0.4) is 0 Å². The third kappa shape index (κ3) is 5.30. The topological polar surface area (TPSA) is 108 Å². The lowest BCUT2D eigenvalue weighted by Gasteiger charge is -2.27. The van der Waals surface area contributed by atoms with Crippen molar-refractivity contribution in [3.63, 3.8) is 0 Å². The van der Waals surface area contributed by atoms with Gasteiger partial charge in [-0.05, 0) is 30.0 Å². The standard InChI is InChI=1S/C20H27FN4O4/c1-4-5-10-20(14-6-8-15(21)9-7-14)17(27)25(19(29)24-20)12-16(26)23-18(28)22-11-13(2)3/h6-9,13H,4-5,10-12H2,1-3H3,(H,24,29)(H2,22,23,26,28)/t20-/m1/s1. The molecule has 29 heavy (non-hydrogen) atoms. The maximum atomic E-state index is 13.3. The molecular weight excluding hydrogens is 379 g/mol. The Bertz CT molecular complexity index is 781. The molecule has 2 rings (SSSR count). The Balaban J connectivity index is 2.15. The van der Waals surface area contributed by atoms with Gasteiger partial charge in [-0.1, -0.05) is 45.7 Å². The highest BCUT2D eigenvalue weighted by Crippen LogP contribution is 2.34. The molecule has 0 unspecified atom stereocenters. The zero-order valence-electron chi connectivity index (χ0n) is 16.9. The second-order valence-corrected chi connectivity index (χ2v) is 7.49. The quantitative estimate of drug-likeness (QED) is 0.576. The highest BCUT2D eigenvalue weighted by atomic mass is 19.1. The van der Waals surface area contributed by atoms with Gasteiger partial charge < -0.3 is 10.6 Å². The Morgan fingerprint density at radius 3 is 2.45 bits per heavy atom. The van der Waals surface area contributed by atoms with Crippen molar-refractivity contribution < 1.29 is 23.6 Å². The van der Waals surface area contributed by atoms with E-state index < -0.39 is 41.8 Å². The first-order chi connectivity index (χ1) is 13.7. The smallest absolute Gasteiger partial charge is 0.325 e. The van der Waals surface area contributed by atoms with Gasteiger partial charge in [0.1, 0.15) is 17.9 Å². The lowest BCUT2D eigenvalue weighted by molar-refractivity contribution is -0.135. The van der Waals surface area contributed by atoms with Crippen molar-refractivity contribution in [2.45, 2.75) is 45.6 Å². The van der Waals surface area contributed by atoms with Crippen LogP contribution in [0.1, 0.15) is 45.6 Å². The first kappa shape index (κ1) is 22.3. The molecule has 1 aliphatic heterocycles. The minimum atomic E-state index is -1.36. The largest absolute Gasteiger partial charge is 0.338 e. The molecule has 8 nitrogen and oxygen atoms in total. The number of hydrogen-bond acceptors (Lipinski definition) is 4. The number of carbonyl (C=O) groups is 4. The van der Waals surface area contributed by atoms with Gasteiger partial charge in [0.2, 0.25) is 5.91 Å². The molecule has 158 valence electrons. The average Bonchev–Trinajstić information content (AvgIpc) is 2.90. The predicted molar refractivity (Wildman–Crippen MR) is 104 cm³/mol. The summed E-state index contributed by atoms with van der Waals surface area (Å²) in [6.45, 7) is 5.55. The first-order valence-corrected chi connectivity index (χ1v) is 9.67. The van der Waals surface area contributed by atoms with E-state index in [0.717, 1.165) is 11.3 Å². The number of halogens is 1. The van der Waals surface area contributed by atoms with Crippen LogP contribution in [0.15, 0.2) is 24.3 Å². The van der Waals surface area contributed by atoms with E-state index >= 15 is 0 Å². The lowest BCUT2D eigenvalue weighted by Crippen LogP contribution is -2.47. The SMILES string of the molecule is CCCC[C@]1(c2ccc(F)cc2)NC(=O)N(CC(=O)NC(=O)NCC(C)C)C1=O. The number of nitrogens with one attached hydrogen (secondary N) is 3. The molecule has 0 spiro atoms. The monoisotopic (exact) mass is 406 g/mol. The minimum Gasteiger partial charge on any atom is -0.338 e. The molecular formula is C20H27FN4O4. The van der Waals surface area contributed by atoms with Crippen LogP contribution in [-0.2, 0) is 15.1 Å². The maximum Gasteiger partial charge on any atom is 0.325 e. The van der Waals surface area contributed by atoms with Gasteiger partial charge in [-0.2, -0.15) is 0 Å². The number of amides is 6. The van der Waals surface area contributed by atoms with Crippen LogP contribution in [0.25, 0.3) is 0 Å². The van der Waals surface area contributed by atoms with Crippen LogP contribution in [0, 0.1) is 11.7 Å². The van der Waals surface area contributed by atoms with Gasteiger partial charge in [0, 0.05) is 6.54 Å². The van der Waals surface area contributed by atoms with E-state index in [4.69, 9.17) is 0 Å². The Hall–Kier alpha value is -2.97. The van der Waals surface area contributed by atoms with E-state index in [9.17, 15) is 23.6 Å². The number of unbranched alkanes of at least 4 members (excludes halogenated alkanes) is 1. The van der Waals surface area contributed by atoms with Crippen LogP contribution in [0.2, 0.25) is 0 Å². The van der Waals surface area contributed by atoms with Gasteiger partial charge in [-0.15, -0.1) is 0 Å². The minimum absolute atomic E-state index is 0.205. The van der Waals surface area contributed by atoms with E-state index in [1.54, 1.807) is 0 Å². The van der Waals surface area contributed by atoms with Crippen LogP contribution in [-0.4, -0.2) is 41.9 Å². The van der Waals surface area contributed by atoms with Gasteiger partial charge in [-0.25, -0.2) is 14.0 Å². The second kappa shape index (κ2) is 9.49. The third-order valence-corrected chi connectivity index (χ3v) is 4.64. The molecule has 6 amide bonds. The molecule has 1 atom stereocenters. The van der Waals surface area contributed by atoms with Gasteiger partial charge in [0.15, 0.2) is 0 Å². The van der Waals surface area contributed by atoms with Gasteiger partial charge in [-0.3, -0.25) is 19.8 Å². The van der Waals surface area contributed by atoms with E-state index in [2.05, 4.69) is 16.0 Å². The van der Waals surface area contributed by atoms with E-state index in [1.165, 1.54) is 24.3 Å². The van der Waals surface area contributed by atoms with Crippen LogP contribution < -0.4 is 16.0 Å². The molecule has 1 saturated heterocycles. The van der Waals surface area contributed by atoms with Crippen molar-refractivity contribution in [3.05, 3.63) is 35.6 Å². The summed E-state index contributed by atoms with van der Waals surface area (Å²) in [4.78, 5) is 50.3. The normalized spacial score (nSPS) is 18.7. The Kier molecular flexibility index (Phi) is 7.30. The fraction of sp³-hybridized carbons (Fsp3) is 0.500. The van der Waals surface area contributed by atoms with Crippen molar-refractivity contribution >= 4 is 23.9 Å². The summed E-state index contributed by atoms with van der Waals surface area (Å²) in [6.07, 6.45) is 1.73. The van der Waals surface area contributed by atoms with Crippen LogP contribution >= 0.6 is 0 Å². The molecule has 1 fully saturated rings. The summed E-state index contributed by atoms with van der Waals surface area (Å²) in [7, 11) is 0. The lowest BCUT2D eigenvalue weighted by atomic mass is 9.85. The molecule has 1 heterocycles. The Morgan fingerprint density at radius 2 is 1.86 bits per heavy atom. The highest BCUT2D eigenvalue weighted by Gasteiger charge is 2.52. The molecule has 1 aliphatic rings. The fourth-order valence-electron chi connectivity index (χ4n) is 3.11. The van der Waals surface area contributed by atoms with Crippen molar-refractivity contribution in [1.29, 1.82) is 0 Å². The predicted octanol–water partition coefficient (Wildman–Crippen LogP) is 2.24. The van der Waals surface area contributed by atoms with E-state index in [0.29, 0.717) is 24.9 Å². The third-order valence-electron chi connectivity index (χ3n) is 4.64. The first-order valence-electron chi connectivity index (χ1n) is 9.67. The summed E-state index contributed by atoms with van der Waals surface area (Å²) in [5, 5.41) is 7.30. The van der Waals surface area contributed by atoms with Crippen LogP contribution in [0.4, 0.5) is 14.0 Å². The van der Waals surface area contributed by atoms with E-state index in [1.807, 2.05) is 20.8 Å². The summed E-state index contributed by atoms with van der Waals surface area (Å²) in [5.74, 6) is -1.63. The Morgan fingerprint density at radius 1 is 1.21 bits per heavy atom. The molecule has 0 aliphatic carbocycles. The molecule has 0 bridgehead atoms. The zero-order chi connectivity index (χ0) is 21.6. The van der Waals surface area contributed by atoms with Gasteiger partial charge in [0.05, 0.1) is 0 Å². The van der Waals surface area contributed by atoms with Gasteiger partial charge in [0.25, 0.3) is 5.91 Å². The number of rotatable bonds is 8. The van der Waals surface area contributed by atoms with E-state index in [-0.39, 0.29) is 5.92 Å². The number of benzene rings is 1. The molecule has 3 N–H and O–H groups in total. The summed E-state index contributed by atoms with van der Waals surface area (Å²) in [6, 6.07) is 3.92. The summed E-state index contributed by atoms with van der Waals surface area (Å²) in [5.41, 5.74) is -0.913. The molecule has 0 aromatic heterocycles. The Labute approximate surface area is 169 Å². The maximum absolute atomic E-state index is 13.3. The van der Waals surface area contributed by atoms with Crippen molar-refractivity contribution in [1.82, 2.24) is 20.9 Å². The fourth-order valence-corrected chi connectivity index (χ4v) is 3.11.